The van der Waals surface area contributed by atoms with Crippen LogP contribution in [0, 0.1) is 3.57 Å². The fourth-order valence-corrected chi connectivity index (χ4v) is 1.93. The van der Waals surface area contributed by atoms with Crippen molar-refractivity contribution < 1.29 is 14.3 Å². The van der Waals surface area contributed by atoms with Crippen LogP contribution in [0.25, 0.3) is 0 Å². The Labute approximate surface area is 108 Å². The van der Waals surface area contributed by atoms with E-state index in [9.17, 15) is 4.79 Å². The van der Waals surface area contributed by atoms with Crippen molar-refractivity contribution in [1.29, 1.82) is 0 Å². The van der Waals surface area contributed by atoms with Gasteiger partial charge in [0.1, 0.15) is 6.10 Å². The first kappa shape index (κ1) is 13.2. The van der Waals surface area contributed by atoms with Gasteiger partial charge in [-0.25, -0.2) is 4.79 Å². The average Bonchev–Trinajstić information content (AvgIpc) is 2.23. The van der Waals surface area contributed by atoms with Gasteiger partial charge in [-0.05, 0) is 40.3 Å². The van der Waals surface area contributed by atoms with E-state index in [0.717, 1.165) is 9.13 Å². The molecule has 1 rings (SSSR count). The van der Waals surface area contributed by atoms with E-state index in [1.165, 1.54) is 0 Å². The molecule has 0 saturated heterocycles. The summed E-state index contributed by atoms with van der Waals surface area (Å²) in [6.45, 7) is 0.517. The molecule has 0 aromatic heterocycles. The Balaban J connectivity index is 2.78. The molecule has 5 heteroatoms. The van der Waals surface area contributed by atoms with Crippen LogP contribution in [0.3, 0.4) is 0 Å². The predicted molar refractivity (Wildman–Crippen MR) is 69.1 cm³/mol. The Hall–Kier alpha value is -0.820. The molecule has 1 aromatic rings. The topological polar surface area (TPSA) is 61.6 Å². The Kier molecular flexibility index (Phi) is 5.54. The monoisotopic (exact) mass is 335 g/mol. The van der Waals surface area contributed by atoms with Gasteiger partial charge in [-0.15, -0.1) is 0 Å². The fraction of sp³-hybridized carbons (Fsp3) is 0.364. The number of benzene rings is 1. The van der Waals surface area contributed by atoms with Gasteiger partial charge in [-0.3, -0.25) is 0 Å². The maximum absolute atomic E-state index is 10.8. The van der Waals surface area contributed by atoms with Gasteiger partial charge in [0.2, 0.25) is 0 Å². The lowest BCUT2D eigenvalue weighted by atomic mass is 10.1. The summed E-state index contributed by atoms with van der Waals surface area (Å²) in [5.74, 6) is 0. The summed E-state index contributed by atoms with van der Waals surface area (Å²) in [6.07, 6.45) is -0.508. The van der Waals surface area contributed by atoms with E-state index in [-0.39, 0.29) is 6.10 Å². The van der Waals surface area contributed by atoms with E-state index in [1.54, 1.807) is 7.11 Å². The average molecular weight is 335 g/mol. The van der Waals surface area contributed by atoms with E-state index >= 15 is 0 Å². The summed E-state index contributed by atoms with van der Waals surface area (Å²) < 4.78 is 11.1. The second kappa shape index (κ2) is 6.70. The number of halogens is 1. The molecule has 0 saturated carbocycles. The molecular weight excluding hydrogens is 321 g/mol. The maximum Gasteiger partial charge on any atom is 0.405 e. The third-order valence-corrected chi connectivity index (χ3v) is 2.73. The highest BCUT2D eigenvalue weighted by atomic mass is 127. The maximum atomic E-state index is 10.8. The number of carbonyl (C=O) groups excluding carboxylic acids is 1. The van der Waals surface area contributed by atoms with Crippen LogP contribution >= 0.6 is 22.6 Å². The molecular formula is C11H14INO3. The number of rotatable bonds is 5. The van der Waals surface area contributed by atoms with E-state index in [1.807, 2.05) is 24.3 Å². The van der Waals surface area contributed by atoms with Crippen LogP contribution in [-0.4, -0.2) is 19.8 Å². The highest BCUT2D eigenvalue weighted by molar-refractivity contribution is 14.1. The van der Waals surface area contributed by atoms with Crippen molar-refractivity contribution in [2.24, 2.45) is 5.73 Å². The van der Waals surface area contributed by atoms with Crippen molar-refractivity contribution >= 4 is 28.7 Å². The quantitative estimate of drug-likeness (QED) is 0.841. The summed E-state index contributed by atoms with van der Waals surface area (Å²) in [4.78, 5) is 10.8. The van der Waals surface area contributed by atoms with Crippen LogP contribution in [-0.2, 0) is 9.47 Å². The zero-order chi connectivity index (χ0) is 12.0. The fourth-order valence-electron chi connectivity index (χ4n) is 1.37. The zero-order valence-electron chi connectivity index (χ0n) is 8.98. The number of methoxy groups -OCH3 is 1. The van der Waals surface area contributed by atoms with Crippen LogP contribution < -0.4 is 5.73 Å². The van der Waals surface area contributed by atoms with Gasteiger partial charge in [-0.1, -0.05) is 12.1 Å². The first-order valence-electron chi connectivity index (χ1n) is 4.84. The number of amides is 1. The molecule has 0 aliphatic rings. The standard InChI is InChI=1S/C11H14INO3/c1-15-6-5-10(16-11(13)14)8-3-2-4-9(12)7-8/h2-4,7,10H,5-6H2,1H3,(H2,13,14)/t10-/m0/s1. The molecule has 0 fully saturated rings. The number of hydrogen-bond donors (Lipinski definition) is 1. The van der Waals surface area contributed by atoms with Gasteiger partial charge in [0.15, 0.2) is 0 Å². The molecule has 16 heavy (non-hydrogen) atoms. The molecule has 1 atom stereocenters. The molecule has 1 amide bonds. The number of nitrogens with two attached hydrogens (primary N) is 1. The van der Waals surface area contributed by atoms with Gasteiger partial charge in [-0.2, -0.15) is 0 Å². The van der Waals surface area contributed by atoms with E-state index in [0.29, 0.717) is 13.0 Å². The molecule has 0 aliphatic carbocycles. The lowest BCUT2D eigenvalue weighted by Gasteiger charge is -2.16. The zero-order valence-corrected chi connectivity index (χ0v) is 11.1. The third-order valence-electron chi connectivity index (χ3n) is 2.06. The highest BCUT2D eigenvalue weighted by Crippen LogP contribution is 2.22. The number of hydrogen-bond acceptors (Lipinski definition) is 3. The van der Waals surface area contributed by atoms with Crippen LogP contribution in [0.2, 0.25) is 0 Å². The molecule has 0 aliphatic heterocycles. The minimum atomic E-state index is -0.764. The van der Waals surface area contributed by atoms with Crippen molar-refractivity contribution in [1.82, 2.24) is 0 Å². The molecule has 88 valence electrons. The van der Waals surface area contributed by atoms with Crippen molar-refractivity contribution in [2.45, 2.75) is 12.5 Å². The first-order chi connectivity index (χ1) is 7.63. The molecule has 0 spiro atoms. The largest absolute Gasteiger partial charge is 0.441 e. The van der Waals surface area contributed by atoms with Crippen molar-refractivity contribution in [3.8, 4) is 0 Å². The normalized spacial score (nSPS) is 12.1. The summed E-state index contributed by atoms with van der Waals surface area (Å²) >= 11 is 2.21. The van der Waals surface area contributed by atoms with Crippen LogP contribution in [0.1, 0.15) is 18.1 Å². The Morgan fingerprint density at radius 1 is 1.56 bits per heavy atom. The van der Waals surface area contributed by atoms with E-state index in [4.69, 9.17) is 15.2 Å². The third kappa shape index (κ3) is 4.36. The van der Waals surface area contributed by atoms with Gasteiger partial charge < -0.3 is 15.2 Å². The molecule has 0 bridgehead atoms. The molecule has 1 aromatic carbocycles. The van der Waals surface area contributed by atoms with E-state index in [2.05, 4.69) is 22.6 Å². The first-order valence-corrected chi connectivity index (χ1v) is 5.92. The second-order valence-corrected chi connectivity index (χ2v) is 4.51. The number of ether oxygens (including phenoxy) is 2. The Morgan fingerprint density at radius 2 is 2.31 bits per heavy atom. The summed E-state index contributed by atoms with van der Waals surface area (Å²) in [5, 5.41) is 0. The SMILES string of the molecule is COCC[C@H](OC(N)=O)c1cccc(I)c1. The number of carbonyl (C=O) groups is 1. The van der Waals surface area contributed by atoms with Crippen molar-refractivity contribution in [2.75, 3.05) is 13.7 Å². The van der Waals surface area contributed by atoms with E-state index < -0.39 is 6.09 Å². The van der Waals surface area contributed by atoms with Gasteiger partial charge in [0, 0.05) is 17.1 Å². The smallest absolute Gasteiger partial charge is 0.405 e. The molecule has 2 N–H and O–H groups in total. The highest BCUT2D eigenvalue weighted by Gasteiger charge is 2.15. The van der Waals surface area contributed by atoms with Gasteiger partial charge >= 0.3 is 6.09 Å². The van der Waals surface area contributed by atoms with Gasteiger partial charge in [0.05, 0.1) is 6.61 Å². The number of primary amides is 1. The summed E-state index contributed by atoms with van der Waals surface area (Å²) in [6, 6.07) is 7.76. The molecule has 0 heterocycles. The lowest BCUT2D eigenvalue weighted by Crippen LogP contribution is -2.18. The van der Waals surface area contributed by atoms with Crippen LogP contribution in [0.4, 0.5) is 4.79 Å². The van der Waals surface area contributed by atoms with Crippen molar-refractivity contribution in [3.05, 3.63) is 33.4 Å². The molecule has 4 nitrogen and oxygen atoms in total. The Morgan fingerprint density at radius 3 is 2.88 bits per heavy atom. The molecule has 0 unspecified atom stereocenters. The molecule has 0 radical (unpaired) electrons. The minimum absolute atomic E-state index is 0.341. The van der Waals surface area contributed by atoms with Crippen molar-refractivity contribution in [3.63, 3.8) is 0 Å². The van der Waals surface area contributed by atoms with Crippen LogP contribution in [0.5, 0.6) is 0 Å². The predicted octanol–water partition coefficient (Wildman–Crippen LogP) is 2.46. The summed E-state index contributed by atoms with van der Waals surface area (Å²) in [5.41, 5.74) is 5.97. The summed E-state index contributed by atoms with van der Waals surface area (Å²) in [7, 11) is 1.61. The van der Waals surface area contributed by atoms with Crippen LogP contribution in [0.15, 0.2) is 24.3 Å². The Bertz CT molecular complexity index is 357. The van der Waals surface area contributed by atoms with Gasteiger partial charge in [0.25, 0.3) is 0 Å². The lowest BCUT2D eigenvalue weighted by molar-refractivity contribution is 0.0776. The second-order valence-electron chi connectivity index (χ2n) is 3.26. The minimum Gasteiger partial charge on any atom is -0.441 e.